The lowest BCUT2D eigenvalue weighted by molar-refractivity contribution is 0.419. The van der Waals surface area contributed by atoms with Crippen molar-refractivity contribution in [1.29, 1.82) is 0 Å². The Bertz CT molecular complexity index is 1150. The van der Waals surface area contributed by atoms with E-state index in [4.69, 9.17) is 33.7 Å². The van der Waals surface area contributed by atoms with E-state index in [-0.39, 0.29) is 0 Å². The highest BCUT2D eigenvalue weighted by Crippen LogP contribution is 2.41. The van der Waals surface area contributed by atoms with Gasteiger partial charge in [0.2, 0.25) is 0 Å². The molecule has 0 aliphatic carbocycles. The number of nitrogens with two attached hydrogens (primary N) is 1. The number of aromatic amines is 1. The lowest BCUT2D eigenvalue weighted by atomic mass is 9.97. The summed E-state index contributed by atoms with van der Waals surface area (Å²) in [6.07, 6.45) is 4.57. The number of aryl methyl sites for hydroxylation is 1. The van der Waals surface area contributed by atoms with E-state index in [1.54, 1.807) is 13.3 Å². The molecule has 6 heteroatoms. The molecular weight excluding hydrogens is 393 g/mol. The van der Waals surface area contributed by atoms with Crippen LogP contribution in [0.3, 0.4) is 0 Å². The van der Waals surface area contributed by atoms with Crippen LogP contribution in [0.2, 0.25) is 10.0 Å². The first-order chi connectivity index (χ1) is 13.7. The molecule has 144 valence electrons. The SMILES string of the molecule is COc1ccc(-c2[nH]c3c(Cl)ccc(Cl)c3c2CCCCN)c2cccnc12. The van der Waals surface area contributed by atoms with Gasteiger partial charge in [-0.15, -0.1) is 0 Å². The maximum absolute atomic E-state index is 6.58. The van der Waals surface area contributed by atoms with E-state index in [2.05, 4.69) is 22.1 Å². The standard InChI is InChI=1S/C22H21Cl2N3O/c1-28-18-10-7-14(13-6-4-12-26-21(13)18)20-15(5-2-3-11-25)19-16(23)8-9-17(24)22(19)27-20/h4,6-10,12,27H,2-3,5,11,25H2,1H3. The number of unbranched alkanes of at least 4 members (excludes halogenated alkanes) is 1. The molecule has 0 atom stereocenters. The first kappa shape index (κ1) is 19.1. The van der Waals surface area contributed by atoms with Crippen molar-refractivity contribution < 1.29 is 4.74 Å². The highest BCUT2D eigenvalue weighted by Gasteiger charge is 2.20. The molecule has 4 nitrogen and oxygen atoms in total. The van der Waals surface area contributed by atoms with Gasteiger partial charge in [-0.2, -0.15) is 0 Å². The lowest BCUT2D eigenvalue weighted by Gasteiger charge is -2.11. The number of fused-ring (bicyclic) bond motifs is 2. The Morgan fingerprint density at radius 1 is 1.07 bits per heavy atom. The largest absolute Gasteiger partial charge is 0.494 e. The normalized spacial score (nSPS) is 11.4. The van der Waals surface area contributed by atoms with Crippen molar-refractivity contribution in [2.45, 2.75) is 19.3 Å². The average molecular weight is 414 g/mol. The maximum Gasteiger partial charge on any atom is 0.145 e. The van der Waals surface area contributed by atoms with Crippen LogP contribution in [0.25, 0.3) is 33.1 Å². The number of hydrogen-bond donors (Lipinski definition) is 2. The number of ether oxygens (including phenoxy) is 1. The zero-order valence-corrected chi connectivity index (χ0v) is 17.1. The van der Waals surface area contributed by atoms with Gasteiger partial charge in [-0.05, 0) is 61.7 Å². The molecule has 0 unspecified atom stereocenters. The van der Waals surface area contributed by atoms with Crippen molar-refractivity contribution in [2.75, 3.05) is 13.7 Å². The number of pyridine rings is 1. The van der Waals surface area contributed by atoms with Crippen LogP contribution in [0.1, 0.15) is 18.4 Å². The fraction of sp³-hybridized carbons (Fsp3) is 0.227. The van der Waals surface area contributed by atoms with E-state index in [0.29, 0.717) is 16.6 Å². The molecule has 0 saturated carbocycles. The molecule has 0 aliphatic heterocycles. The van der Waals surface area contributed by atoms with Crippen molar-refractivity contribution in [1.82, 2.24) is 9.97 Å². The van der Waals surface area contributed by atoms with Crippen LogP contribution in [0.4, 0.5) is 0 Å². The third-order valence-electron chi connectivity index (χ3n) is 5.06. The Morgan fingerprint density at radius 2 is 1.89 bits per heavy atom. The second-order valence-corrected chi connectivity index (χ2v) is 7.53. The number of hydrogen-bond acceptors (Lipinski definition) is 3. The van der Waals surface area contributed by atoms with Crippen molar-refractivity contribution in [3.05, 3.63) is 58.2 Å². The summed E-state index contributed by atoms with van der Waals surface area (Å²) in [7, 11) is 1.66. The number of methoxy groups -OCH3 is 1. The van der Waals surface area contributed by atoms with E-state index in [1.165, 1.54) is 0 Å². The van der Waals surface area contributed by atoms with Gasteiger partial charge in [0.1, 0.15) is 11.3 Å². The number of halogens is 2. The predicted octanol–water partition coefficient (Wildman–Crippen LogP) is 5.98. The molecule has 0 bridgehead atoms. The molecule has 0 radical (unpaired) electrons. The summed E-state index contributed by atoms with van der Waals surface area (Å²) in [6.45, 7) is 0.668. The maximum atomic E-state index is 6.58. The van der Waals surface area contributed by atoms with Crippen LogP contribution in [0.5, 0.6) is 5.75 Å². The minimum atomic E-state index is 0.654. The minimum absolute atomic E-state index is 0.654. The summed E-state index contributed by atoms with van der Waals surface area (Å²) in [5.41, 5.74) is 10.6. The number of rotatable bonds is 6. The quantitative estimate of drug-likeness (QED) is 0.382. The zero-order chi connectivity index (χ0) is 19.7. The molecule has 28 heavy (non-hydrogen) atoms. The van der Waals surface area contributed by atoms with Gasteiger partial charge in [-0.1, -0.05) is 29.3 Å². The summed E-state index contributed by atoms with van der Waals surface area (Å²) in [5, 5.41) is 3.34. The number of nitrogens with zero attached hydrogens (tertiary/aromatic N) is 1. The van der Waals surface area contributed by atoms with Crippen LogP contribution in [-0.4, -0.2) is 23.6 Å². The van der Waals surface area contributed by atoms with E-state index >= 15 is 0 Å². The Balaban J connectivity index is 2.01. The van der Waals surface area contributed by atoms with Gasteiger partial charge >= 0.3 is 0 Å². The molecule has 0 saturated heterocycles. The van der Waals surface area contributed by atoms with E-state index < -0.39 is 0 Å². The summed E-state index contributed by atoms with van der Waals surface area (Å²) in [4.78, 5) is 8.05. The first-order valence-electron chi connectivity index (χ1n) is 9.26. The zero-order valence-electron chi connectivity index (χ0n) is 15.6. The predicted molar refractivity (Wildman–Crippen MR) is 118 cm³/mol. The van der Waals surface area contributed by atoms with Crippen LogP contribution >= 0.6 is 23.2 Å². The smallest absolute Gasteiger partial charge is 0.145 e. The monoisotopic (exact) mass is 413 g/mol. The van der Waals surface area contributed by atoms with Crippen LogP contribution in [-0.2, 0) is 6.42 Å². The molecule has 0 amide bonds. The summed E-state index contributed by atoms with van der Waals surface area (Å²) in [6, 6.07) is 11.7. The van der Waals surface area contributed by atoms with Gasteiger partial charge in [0.05, 0.1) is 28.4 Å². The lowest BCUT2D eigenvalue weighted by Crippen LogP contribution is -1.99. The third-order valence-corrected chi connectivity index (χ3v) is 5.69. The Hall–Kier alpha value is -2.27. The molecule has 2 heterocycles. The van der Waals surface area contributed by atoms with Crippen molar-refractivity contribution in [3.63, 3.8) is 0 Å². The second-order valence-electron chi connectivity index (χ2n) is 6.72. The Morgan fingerprint density at radius 3 is 2.68 bits per heavy atom. The average Bonchev–Trinajstić information content (AvgIpc) is 3.11. The van der Waals surface area contributed by atoms with Crippen molar-refractivity contribution in [3.8, 4) is 17.0 Å². The fourth-order valence-electron chi connectivity index (χ4n) is 3.75. The Kier molecular flexibility index (Phi) is 5.44. The van der Waals surface area contributed by atoms with Gasteiger partial charge in [-0.3, -0.25) is 4.98 Å². The number of H-pyrrole nitrogens is 1. The van der Waals surface area contributed by atoms with Gasteiger partial charge in [0.15, 0.2) is 0 Å². The van der Waals surface area contributed by atoms with Crippen molar-refractivity contribution in [2.24, 2.45) is 5.73 Å². The topological polar surface area (TPSA) is 63.9 Å². The number of aromatic nitrogens is 2. The molecule has 2 aromatic carbocycles. The van der Waals surface area contributed by atoms with Gasteiger partial charge in [0.25, 0.3) is 0 Å². The van der Waals surface area contributed by atoms with Gasteiger partial charge in [0, 0.05) is 22.5 Å². The van der Waals surface area contributed by atoms with Crippen LogP contribution in [0, 0.1) is 0 Å². The van der Waals surface area contributed by atoms with E-state index in [9.17, 15) is 0 Å². The highest BCUT2D eigenvalue weighted by atomic mass is 35.5. The second kappa shape index (κ2) is 8.00. The summed E-state index contributed by atoms with van der Waals surface area (Å²) >= 11 is 13.1. The molecule has 3 N–H and O–H groups in total. The third kappa shape index (κ3) is 3.22. The van der Waals surface area contributed by atoms with Crippen LogP contribution < -0.4 is 10.5 Å². The molecule has 2 aromatic heterocycles. The van der Waals surface area contributed by atoms with Gasteiger partial charge < -0.3 is 15.5 Å². The molecular formula is C22H21Cl2N3O. The highest BCUT2D eigenvalue weighted by molar-refractivity contribution is 6.40. The van der Waals surface area contributed by atoms with E-state index in [1.807, 2.05) is 24.3 Å². The number of benzene rings is 2. The Labute approximate surface area is 173 Å². The molecule has 4 aromatic rings. The molecule has 0 fully saturated rings. The fourth-order valence-corrected chi connectivity index (χ4v) is 4.23. The van der Waals surface area contributed by atoms with Crippen LogP contribution in [0.15, 0.2) is 42.6 Å². The molecule has 0 spiro atoms. The van der Waals surface area contributed by atoms with Crippen molar-refractivity contribution >= 4 is 45.0 Å². The minimum Gasteiger partial charge on any atom is -0.494 e. The first-order valence-corrected chi connectivity index (χ1v) is 10.0. The number of nitrogens with one attached hydrogen (secondary N) is 1. The molecule has 0 aliphatic rings. The van der Waals surface area contributed by atoms with Gasteiger partial charge in [-0.25, -0.2) is 0 Å². The summed E-state index contributed by atoms with van der Waals surface area (Å²) in [5.74, 6) is 0.746. The molecule has 4 rings (SSSR count). The van der Waals surface area contributed by atoms with E-state index in [0.717, 1.165) is 63.6 Å². The summed E-state index contributed by atoms with van der Waals surface area (Å²) < 4.78 is 5.50.